The Morgan fingerprint density at radius 2 is 1.72 bits per heavy atom. The molecule has 0 fully saturated rings. The average molecular weight is 485 g/mol. The number of hydrogen-bond donors (Lipinski definition) is 0. The molecule has 0 N–H and O–H groups in total. The molecule has 4 rings (SSSR count). The standard InChI is InChI=1S/C30H32N2O4/c1-4-11-23-16-17-27(28(20-23)35-3)36-19-10-18-31-25-14-8-9-15-26(25)32(21-22(2)29(31)33)30(34)24-12-6-5-7-13-24/h4-9,11-17,20,22H,10,18-19,21H2,1-3H3/b11-4+. The molecule has 0 saturated heterocycles. The third-order valence-corrected chi connectivity index (χ3v) is 6.20. The van der Waals surface area contributed by atoms with Crippen LogP contribution in [0.1, 0.15) is 36.2 Å². The molecule has 0 spiro atoms. The molecule has 0 bridgehead atoms. The third-order valence-electron chi connectivity index (χ3n) is 6.20. The lowest BCUT2D eigenvalue weighted by atomic mass is 10.1. The Morgan fingerprint density at radius 1 is 1.00 bits per heavy atom. The van der Waals surface area contributed by atoms with Gasteiger partial charge in [0.05, 0.1) is 31.0 Å². The minimum atomic E-state index is -0.342. The lowest BCUT2D eigenvalue weighted by Crippen LogP contribution is -2.39. The van der Waals surface area contributed by atoms with Crippen molar-refractivity contribution in [1.29, 1.82) is 0 Å². The van der Waals surface area contributed by atoms with Crippen LogP contribution in [-0.2, 0) is 4.79 Å². The SMILES string of the molecule is C/C=C/c1ccc(OCCCN2C(=O)C(C)CN(C(=O)c3ccccc3)c3ccccc32)c(OC)c1. The van der Waals surface area contributed by atoms with E-state index in [1.807, 2.05) is 86.7 Å². The van der Waals surface area contributed by atoms with E-state index in [0.29, 0.717) is 43.2 Å². The molecule has 0 aliphatic carbocycles. The zero-order chi connectivity index (χ0) is 25.5. The van der Waals surface area contributed by atoms with Crippen molar-refractivity contribution >= 4 is 29.3 Å². The minimum Gasteiger partial charge on any atom is -0.493 e. The molecule has 2 amide bonds. The summed E-state index contributed by atoms with van der Waals surface area (Å²) in [6, 6.07) is 22.6. The van der Waals surface area contributed by atoms with Gasteiger partial charge in [0.2, 0.25) is 5.91 Å². The van der Waals surface area contributed by atoms with E-state index in [9.17, 15) is 9.59 Å². The molecule has 1 aliphatic heterocycles. The maximum atomic E-state index is 13.4. The highest BCUT2D eigenvalue weighted by Gasteiger charge is 2.33. The van der Waals surface area contributed by atoms with Gasteiger partial charge in [-0.15, -0.1) is 0 Å². The van der Waals surface area contributed by atoms with Crippen molar-refractivity contribution in [2.75, 3.05) is 36.6 Å². The van der Waals surface area contributed by atoms with Gasteiger partial charge in [-0.2, -0.15) is 0 Å². The van der Waals surface area contributed by atoms with Gasteiger partial charge in [-0.3, -0.25) is 9.59 Å². The maximum absolute atomic E-state index is 13.4. The molecule has 0 aromatic heterocycles. The zero-order valence-electron chi connectivity index (χ0n) is 21.0. The Kier molecular flexibility index (Phi) is 8.06. The summed E-state index contributed by atoms with van der Waals surface area (Å²) in [4.78, 5) is 30.3. The quantitative estimate of drug-likeness (QED) is 0.378. The predicted molar refractivity (Wildman–Crippen MR) is 144 cm³/mol. The second-order valence-corrected chi connectivity index (χ2v) is 8.77. The average Bonchev–Trinajstić information content (AvgIpc) is 3.02. The molecule has 1 heterocycles. The largest absolute Gasteiger partial charge is 0.493 e. The first kappa shape index (κ1) is 25.0. The van der Waals surface area contributed by atoms with E-state index in [1.165, 1.54) is 0 Å². The number of benzene rings is 3. The van der Waals surface area contributed by atoms with Gasteiger partial charge in [-0.05, 0) is 55.3 Å². The van der Waals surface area contributed by atoms with Crippen molar-refractivity contribution in [1.82, 2.24) is 0 Å². The van der Waals surface area contributed by atoms with Crippen molar-refractivity contribution in [3.8, 4) is 11.5 Å². The van der Waals surface area contributed by atoms with Crippen molar-refractivity contribution in [2.24, 2.45) is 5.92 Å². The number of fused-ring (bicyclic) bond motifs is 1. The summed E-state index contributed by atoms with van der Waals surface area (Å²) in [5.41, 5.74) is 3.12. The highest BCUT2D eigenvalue weighted by Crippen LogP contribution is 2.35. The van der Waals surface area contributed by atoms with Crippen LogP contribution in [0, 0.1) is 5.92 Å². The van der Waals surface area contributed by atoms with E-state index in [1.54, 1.807) is 29.0 Å². The van der Waals surface area contributed by atoms with Crippen LogP contribution in [0.2, 0.25) is 0 Å². The summed E-state index contributed by atoms with van der Waals surface area (Å²) in [5, 5.41) is 0. The molecular weight excluding hydrogens is 452 g/mol. The van der Waals surface area contributed by atoms with E-state index in [4.69, 9.17) is 9.47 Å². The van der Waals surface area contributed by atoms with Gasteiger partial charge >= 0.3 is 0 Å². The Hall–Kier alpha value is -4.06. The number of ether oxygens (including phenoxy) is 2. The van der Waals surface area contributed by atoms with E-state index in [0.717, 1.165) is 16.9 Å². The molecule has 186 valence electrons. The molecule has 6 heteroatoms. The molecule has 0 radical (unpaired) electrons. The summed E-state index contributed by atoms with van der Waals surface area (Å²) in [7, 11) is 1.62. The van der Waals surface area contributed by atoms with Gasteiger partial charge in [-0.1, -0.05) is 55.5 Å². The Morgan fingerprint density at radius 3 is 2.44 bits per heavy atom. The number of amides is 2. The first-order chi connectivity index (χ1) is 17.5. The number of anilines is 2. The number of para-hydroxylation sites is 2. The molecule has 1 aliphatic rings. The normalized spacial score (nSPS) is 15.5. The number of carbonyl (C=O) groups excluding carboxylic acids is 2. The lowest BCUT2D eigenvalue weighted by molar-refractivity contribution is -0.121. The number of methoxy groups -OCH3 is 1. The predicted octanol–water partition coefficient (Wildman–Crippen LogP) is 5.83. The Bertz CT molecular complexity index is 1240. The van der Waals surface area contributed by atoms with Crippen LogP contribution < -0.4 is 19.3 Å². The first-order valence-electron chi connectivity index (χ1n) is 12.2. The third kappa shape index (κ3) is 5.43. The van der Waals surface area contributed by atoms with Crippen LogP contribution in [0.5, 0.6) is 11.5 Å². The van der Waals surface area contributed by atoms with E-state index < -0.39 is 0 Å². The highest BCUT2D eigenvalue weighted by atomic mass is 16.5. The van der Waals surface area contributed by atoms with Crippen molar-refractivity contribution < 1.29 is 19.1 Å². The topological polar surface area (TPSA) is 59.1 Å². The molecule has 0 saturated carbocycles. The summed E-state index contributed by atoms with van der Waals surface area (Å²) in [5.74, 6) is 0.887. The second kappa shape index (κ2) is 11.6. The molecule has 36 heavy (non-hydrogen) atoms. The Labute approximate surface area is 212 Å². The van der Waals surface area contributed by atoms with E-state index >= 15 is 0 Å². The van der Waals surface area contributed by atoms with Gasteiger partial charge < -0.3 is 19.3 Å². The summed E-state index contributed by atoms with van der Waals surface area (Å²) < 4.78 is 11.5. The van der Waals surface area contributed by atoms with Crippen LogP contribution in [0.15, 0.2) is 78.9 Å². The first-order valence-corrected chi connectivity index (χ1v) is 12.2. The smallest absolute Gasteiger partial charge is 0.258 e. The van der Waals surface area contributed by atoms with Gasteiger partial charge in [0.15, 0.2) is 11.5 Å². The monoisotopic (exact) mass is 484 g/mol. The van der Waals surface area contributed by atoms with Gasteiger partial charge in [0, 0.05) is 18.7 Å². The molecule has 3 aromatic carbocycles. The molecular formula is C30H32N2O4. The van der Waals surface area contributed by atoms with Crippen molar-refractivity contribution in [3.63, 3.8) is 0 Å². The minimum absolute atomic E-state index is 0.000835. The lowest BCUT2D eigenvalue weighted by Gasteiger charge is -2.25. The molecule has 6 nitrogen and oxygen atoms in total. The fourth-order valence-corrected chi connectivity index (χ4v) is 4.42. The molecule has 3 aromatic rings. The number of nitrogens with zero attached hydrogens (tertiary/aromatic N) is 2. The number of carbonyl (C=O) groups is 2. The Balaban J connectivity index is 1.50. The van der Waals surface area contributed by atoms with Crippen LogP contribution in [0.25, 0.3) is 6.08 Å². The number of allylic oxidation sites excluding steroid dienone is 1. The van der Waals surface area contributed by atoms with E-state index in [2.05, 4.69) is 0 Å². The van der Waals surface area contributed by atoms with Gasteiger partial charge in [-0.25, -0.2) is 0 Å². The second-order valence-electron chi connectivity index (χ2n) is 8.77. The molecule has 1 atom stereocenters. The zero-order valence-corrected chi connectivity index (χ0v) is 21.0. The number of rotatable bonds is 8. The fraction of sp³-hybridized carbons (Fsp3) is 0.267. The summed E-state index contributed by atoms with van der Waals surface area (Å²) in [6.07, 6.45) is 4.60. The van der Waals surface area contributed by atoms with Crippen LogP contribution >= 0.6 is 0 Å². The van der Waals surface area contributed by atoms with Crippen molar-refractivity contribution in [3.05, 3.63) is 90.0 Å². The fourth-order valence-electron chi connectivity index (χ4n) is 4.42. The van der Waals surface area contributed by atoms with Crippen molar-refractivity contribution in [2.45, 2.75) is 20.3 Å². The highest BCUT2D eigenvalue weighted by molar-refractivity contribution is 6.11. The molecule has 1 unspecified atom stereocenters. The van der Waals surface area contributed by atoms with Crippen LogP contribution in [0.4, 0.5) is 11.4 Å². The number of hydrogen-bond acceptors (Lipinski definition) is 4. The van der Waals surface area contributed by atoms with Gasteiger partial charge in [0.25, 0.3) is 5.91 Å². The van der Waals surface area contributed by atoms with Crippen LogP contribution in [-0.4, -0.2) is 38.6 Å². The summed E-state index contributed by atoms with van der Waals surface area (Å²) >= 11 is 0. The maximum Gasteiger partial charge on any atom is 0.258 e. The van der Waals surface area contributed by atoms with E-state index in [-0.39, 0.29) is 17.7 Å². The van der Waals surface area contributed by atoms with Crippen LogP contribution in [0.3, 0.4) is 0 Å². The summed E-state index contributed by atoms with van der Waals surface area (Å²) in [6.45, 7) is 5.07. The van der Waals surface area contributed by atoms with Gasteiger partial charge in [0.1, 0.15) is 0 Å².